The van der Waals surface area contributed by atoms with Gasteiger partial charge in [-0.05, 0) is 38.0 Å². The van der Waals surface area contributed by atoms with E-state index in [9.17, 15) is 0 Å². The van der Waals surface area contributed by atoms with Crippen molar-refractivity contribution in [3.63, 3.8) is 0 Å². The highest BCUT2D eigenvalue weighted by Gasteiger charge is 2.10. The predicted molar refractivity (Wildman–Crippen MR) is 103 cm³/mol. The summed E-state index contributed by atoms with van der Waals surface area (Å²) in [6.45, 7) is 12.3. The van der Waals surface area contributed by atoms with Gasteiger partial charge < -0.3 is 0 Å². The molecule has 1 rings (SSSR count). The summed E-state index contributed by atoms with van der Waals surface area (Å²) >= 11 is 0. The molecular formula is C22H26N2. The van der Waals surface area contributed by atoms with Crippen LogP contribution in [0.2, 0.25) is 0 Å². The highest BCUT2D eigenvalue weighted by molar-refractivity contribution is 6.02. The molecule has 1 atom stereocenters. The SMILES string of the molecule is C=C(/N=C(C)\C(C#CCCCC)=C/C)C(C)c1ccc(C#N)cc1. The van der Waals surface area contributed by atoms with Crippen LogP contribution >= 0.6 is 0 Å². The molecule has 0 radical (unpaired) electrons. The second kappa shape index (κ2) is 10.2. The van der Waals surface area contributed by atoms with Crippen LogP contribution in [0.25, 0.3) is 0 Å². The van der Waals surface area contributed by atoms with Gasteiger partial charge in [0, 0.05) is 23.6 Å². The van der Waals surface area contributed by atoms with E-state index in [0.717, 1.165) is 41.8 Å². The molecule has 0 aliphatic rings. The number of benzene rings is 1. The molecule has 0 saturated carbocycles. The number of allylic oxidation sites excluding steroid dienone is 3. The third-order valence-electron chi connectivity index (χ3n) is 3.91. The van der Waals surface area contributed by atoms with Crippen LogP contribution in [-0.4, -0.2) is 5.71 Å². The van der Waals surface area contributed by atoms with E-state index in [1.807, 2.05) is 44.2 Å². The van der Waals surface area contributed by atoms with Gasteiger partial charge >= 0.3 is 0 Å². The lowest BCUT2D eigenvalue weighted by Crippen LogP contribution is -2.01. The van der Waals surface area contributed by atoms with Crippen LogP contribution in [0.1, 0.15) is 64.0 Å². The zero-order valence-electron chi connectivity index (χ0n) is 15.2. The number of hydrogen-bond donors (Lipinski definition) is 0. The van der Waals surface area contributed by atoms with E-state index in [0.29, 0.717) is 5.56 Å². The molecule has 24 heavy (non-hydrogen) atoms. The Morgan fingerprint density at radius 1 is 1.33 bits per heavy atom. The van der Waals surface area contributed by atoms with Crippen molar-refractivity contribution in [2.75, 3.05) is 0 Å². The first-order valence-electron chi connectivity index (χ1n) is 8.43. The minimum atomic E-state index is 0.0962. The zero-order chi connectivity index (χ0) is 17.9. The van der Waals surface area contributed by atoms with Crippen LogP contribution in [0.3, 0.4) is 0 Å². The highest BCUT2D eigenvalue weighted by atomic mass is 14.8. The molecule has 124 valence electrons. The number of unbranched alkanes of at least 4 members (excludes halogenated alkanes) is 2. The summed E-state index contributed by atoms with van der Waals surface area (Å²) in [5.41, 5.74) is 4.42. The van der Waals surface area contributed by atoms with Crippen LogP contribution < -0.4 is 0 Å². The summed E-state index contributed by atoms with van der Waals surface area (Å²) in [5.74, 6) is 6.51. The number of nitriles is 1. The Morgan fingerprint density at radius 3 is 2.54 bits per heavy atom. The Hall–Kier alpha value is -2.58. The Labute approximate surface area is 146 Å². The predicted octanol–water partition coefficient (Wildman–Crippen LogP) is 5.78. The average Bonchev–Trinajstić information content (AvgIpc) is 2.61. The molecule has 0 heterocycles. The molecule has 0 amide bonds. The van der Waals surface area contributed by atoms with Crippen molar-refractivity contribution >= 4 is 5.71 Å². The fourth-order valence-electron chi connectivity index (χ4n) is 2.21. The quantitative estimate of drug-likeness (QED) is 0.372. The zero-order valence-corrected chi connectivity index (χ0v) is 15.2. The number of nitrogens with zero attached hydrogens (tertiary/aromatic N) is 2. The van der Waals surface area contributed by atoms with E-state index in [4.69, 9.17) is 5.26 Å². The van der Waals surface area contributed by atoms with Gasteiger partial charge in [0.1, 0.15) is 0 Å². The Morgan fingerprint density at radius 2 is 2.00 bits per heavy atom. The maximum Gasteiger partial charge on any atom is 0.0991 e. The molecule has 0 spiro atoms. The fraction of sp³-hybridized carbons (Fsp3) is 0.364. The van der Waals surface area contributed by atoms with E-state index >= 15 is 0 Å². The molecule has 0 N–H and O–H groups in total. The maximum atomic E-state index is 8.88. The third kappa shape index (κ3) is 5.90. The van der Waals surface area contributed by atoms with E-state index in [1.165, 1.54) is 0 Å². The second-order valence-electron chi connectivity index (χ2n) is 5.75. The first-order valence-corrected chi connectivity index (χ1v) is 8.43. The molecule has 0 saturated heterocycles. The summed E-state index contributed by atoms with van der Waals surface area (Å²) < 4.78 is 0. The van der Waals surface area contributed by atoms with Crippen LogP contribution in [0.15, 0.2) is 53.2 Å². The van der Waals surface area contributed by atoms with Crippen LogP contribution in [0.4, 0.5) is 0 Å². The summed E-state index contributed by atoms with van der Waals surface area (Å²) in [6, 6.07) is 9.70. The van der Waals surface area contributed by atoms with Gasteiger partial charge in [0.25, 0.3) is 0 Å². The number of aliphatic imine (C=N–C) groups is 1. The van der Waals surface area contributed by atoms with E-state index in [1.54, 1.807) is 0 Å². The minimum absolute atomic E-state index is 0.0962. The van der Waals surface area contributed by atoms with Crippen molar-refractivity contribution < 1.29 is 0 Å². The van der Waals surface area contributed by atoms with Gasteiger partial charge in [-0.2, -0.15) is 5.26 Å². The van der Waals surface area contributed by atoms with Crippen molar-refractivity contribution in [2.45, 2.75) is 52.9 Å². The van der Waals surface area contributed by atoms with Crippen LogP contribution in [0, 0.1) is 23.2 Å². The summed E-state index contributed by atoms with van der Waals surface area (Å²) in [5, 5.41) is 8.88. The molecule has 1 unspecified atom stereocenters. The highest BCUT2D eigenvalue weighted by Crippen LogP contribution is 2.24. The number of rotatable bonds is 6. The average molecular weight is 318 g/mol. The molecule has 1 aromatic rings. The van der Waals surface area contributed by atoms with Crippen LogP contribution in [0.5, 0.6) is 0 Å². The van der Waals surface area contributed by atoms with E-state index in [-0.39, 0.29) is 5.92 Å². The summed E-state index contributed by atoms with van der Waals surface area (Å²) in [4.78, 5) is 4.65. The smallest absolute Gasteiger partial charge is 0.0991 e. The summed E-state index contributed by atoms with van der Waals surface area (Å²) in [6.07, 6.45) is 5.20. The Kier molecular flexibility index (Phi) is 8.31. The lowest BCUT2D eigenvalue weighted by Gasteiger charge is -2.12. The third-order valence-corrected chi connectivity index (χ3v) is 3.91. The molecule has 0 aromatic heterocycles. The molecule has 0 fully saturated rings. The van der Waals surface area contributed by atoms with Crippen molar-refractivity contribution in [1.82, 2.24) is 0 Å². The number of hydrogen-bond acceptors (Lipinski definition) is 2. The molecule has 2 nitrogen and oxygen atoms in total. The lowest BCUT2D eigenvalue weighted by molar-refractivity contribution is 0.828. The van der Waals surface area contributed by atoms with E-state index in [2.05, 4.69) is 43.3 Å². The van der Waals surface area contributed by atoms with Crippen molar-refractivity contribution in [3.8, 4) is 17.9 Å². The normalized spacial score (nSPS) is 12.8. The molecule has 0 aliphatic heterocycles. The minimum Gasteiger partial charge on any atom is -0.257 e. The monoisotopic (exact) mass is 318 g/mol. The Bertz CT molecular complexity index is 716. The lowest BCUT2D eigenvalue weighted by atomic mass is 9.97. The molecule has 0 bridgehead atoms. The fourth-order valence-corrected chi connectivity index (χ4v) is 2.21. The van der Waals surface area contributed by atoms with Crippen LogP contribution in [-0.2, 0) is 0 Å². The molecule has 2 heteroatoms. The standard InChI is InChI=1S/C22H26N2/c1-6-8-9-10-11-21(7-2)19(5)24-18(4)17(3)22-14-12-20(16-23)13-15-22/h7,12-15,17H,4,6,8-9H2,1-3,5H3/b21-7-,24-19-. The van der Waals surface area contributed by atoms with Crippen molar-refractivity contribution in [3.05, 3.63) is 59.3 Å². The van der Waals surface area contributed by atoms with E-state index < -0.39 is 0 Å². The summed E-state index contributed by atoms with van der Waals surface area (Å²) in [7, 11) is 0. The maximum absolute atomic E-state index is 8.88. The van der Waals surface area contributed by atoms with Gasteiger partial charge in [0.15, 0.2) is 0 Å². The second-order valence-corrected chi connectivity index (χ2v) is 5.75. The van der Waals surface area contributed by atoms with Crippen molar-refractivity contribution in [1.29, 1.82) is 5.26 Å². The Balaban J connectivity index is 2.86. The first-order chi connectivity index (χ1) is 11.5. The largest absolute Gasteiger partial charge is 0.257 e. The first kappa shape index (κ1) is 19.5. The van der Waals surface area contributed by atoms with Crippen molar-refractivity contribution in [2.24, 2.45) is 4.99 Å². The van der Waals surface area contributed by atoms with Gasteiger partial charge in [-0.1, -0.05) is 56.9 Å². The molecular weight excluding hydrogens is 292 g/mol. The molecule has 1 aromatic carbocycles. The molecule has 0 aliphatic carbocycles. The van der Waals surface area contributed by atoms with Gasteiger partial charge in [-0.3, -0.25) is 4.99 Å². The van der Waals surface area contributed by atoms with Gasteiger partial charge in [0.2, 0.25) is 0 Å². The topological polar surface area (TPSA) is 36.1 Å². The van der Waals surface area contributed by atoms with Gasteiger partial charge in [-0.15, -0.1) is 0 Å². The van der Waals surface area contributed by atoms with Gasteiger partial charge in [0.05, 0.1) is 17.3 Å². The van der Waals surface area contributed by atoms with Gasteiger partial charge in [-0.25, -0.2) is 0 Å².